The summed E-state index contributed by atoms with van der Waals surface area (Å²) in [4.78, 5) is 27.0. The molecule has 30 heavy (non-hydrogen) atoms. The first-order chi connectivity index (χ1) is 14.2. The zero-order valence-corrected chi connectivity index (χ0v) is 17.8. The molecule has 0 bridgehead atoms. The summed E-state index contributed by atoms with van der Waals surface area (Å²) in [5, 5.41) is 11.6. The van der Waals surface area contributed by atoms with Crippen LogP contribution in [0.1, 0.15) is 6.92 Å². The third-order valence-electron chi connectivity index (χ3n) is 4.82. The Morgan fingerprint density at radius 3 is 2.37 bits per heavy atom. The molecule has 1 amide bonds. The van der Waals surface area contributed by atoms with Gasteiger partial charge in [0.2, 0.25) is 15.9 Å². The monoisotopic (exact) mass is 452 g/mol. The van der Waals surface area contributed by atoms with E-state index in [0.29, 0.717) is 31.9 Å². The first-order valence-electron chi connectivity index (χ1n) is 9.24. The number of rotatable bonds is 6. The van der Waals surface area contributed by atoms with Crippen LogP contribution in [0.15, 0.2) is 53.4 Å². The van der Waals surface area contributed by atoms with Crippen molar-refractivity contribution in [3.63, 3.8) is 0 Å². The fourth-order valence-electron chi connectivity index (χ4n) is 3.30. The molecule has 1 fully saturated rings. The van der Waals surface area contributed by atoms with Gasteiger partial charge < -0.3 is 9.80 Å². The number of anilines is 1. The van der Waals surface area contributed by atoms with Crippen molar-refractivity contribution < 1.29 is 18.1 Å². The molecule has 3 rings (SSSR count). The molecule has 1 aliphatic heterocycles. The molecule has 0 aliphatic carbocycles. The lowest BCUT2D eigenvalue weighted by atomic mass is 10.2. The van der Waals surface area contributed by atoms with Crippen molar-refractivity contribution in [2.75, 3.05) is 31.1 Å². The molecule has 160 valence electrons. The molecule has 0 radical (unpaired) electrons. The predicted octanol–water partition coefficient (Wildman–Crippen LogP) is 2.26. The van der Waals surface area contributed by atoms with Crippen molar-refractivity contribution in [2.45, 2.75) is 17.9 Å². The van der Waals surface area contributed by atoms with Gasteiger partial charge in [0.25, 0.3) is 5.69 Å². The Labute approximate surface area is 179 Å². The number of carbonyl (C=O) groups is 1. The van der Waals surface area contributed by atoms with Crippen LogP contribution in [0.3, 0.4) is 0 Å². The van der Waals surface area contributed by atoms with Gasteiger partial charge in [-0.2, -0.15) is 4.72 Å². The zero-order chi connectivity index (χ0) is 21.9. The number of nitrogens with zero attached hydrogens (tertiary/aromatic N) is 3. The van der Waals surface area contributed by atoms with Gasteiger partial charge in [-0.05, 0) is 31.2 Å². The minimum Gasteiger partial charge on any atom is -0.362 e. The fourth-order valence-corrected chi connectivity index (χ4v) is 4.69. The van der Waals surface area contributed by atoms with Gasteiger partial charge in [0.15, 0.2) is 0 Å². The summed E-state index contributed by atoms with van der Waals surface area (Å²) in [6, 6.07) is 11.4. The number of hydrogen-bond donors (Lipinski definition) is 1. The molecule has 1 heterocycles. The second kappa shape index (κ2) is 8.99. The zero-order valence-electron chi connectivity index (χ0n) is 16.2. The van der Waals surface area contributed by atoms with Crippen molar-refractivity contribution in [2.24, 2.45) is 0 Å². The number of carbonyl (C=O) groups excluding carboxylic acids is 1. The van der Waals surface area contributed by atoms with Crippen molar-refractivity contribution in [3.05, 3.63) is 63.7 Å². The molecule has 0 unspecified atom stereocenters. The molecule has 2 aromatic rings. The Bertz CT molecular complexity index is 1040. The Kier molecular flexibility index (Phi) is 6.59. The van der Waals surface area contributed by atoms with Gasteiger partial charge >= 0.3 is 0 Å². The summed E-state index contributed by atoms with van der Waals surface area (Å²) in [6.07, 6.45) is 0. The first kappa shape index (κ1) is 22.0. The molecular formula is C19H21ClN4O5S. The molecule has 0 saturated carbocycles. The van der Waals surface area contributed by atoms with Crippen molar-refractivity contribution in [1.29, 1.82) is 0 Å². The number of amides is 1. The lowest BCUT2D eigenvalue weighted by Crippen LogP contribution is -2.54. The van der Waals surface area contributed by atoms with Crippen LogP contribution >= 0.6 is 11.6 Å². The van der Waals surface area contributed by atoms with E-state index >= 15 is 0 Å². The number of nitrogens with one attached hydrogen (secondary N) is 1. The summed E-state index contributed by atoms with van der Waals surface area (Å²) >= 11 is 5.86. The second-order valence-electron chi connectivity index (χ2n) is 6.86. The van der Waals surface area contributed by atoms with Crippen LogP contribution in [0, 0.1) is 10.1 Å². The van der Waals surface area contributed by atoms with Crippen LogP contribution in [0.4, 0.5) is 11.4 Å². The molecule has 0 aromatic heterocycles. The molecule has 1 N–H and O–H groups in total. The number of nitro groups is 1. The molecule has 11 heteroatoms. The Hall–Kier alpha value is -2.69. The van der Waals surface area contributed by atoms with Crippen LogP contribution in [-0.2, 0) is 14.8 Å². The number of nitro benzene ring substituents is 1. The number of benzene rings is 2. The number of hydrogen-bond acceptors (Lipinski definition) is 6. The highest BCUT2D eigenvalue weighted by molar-refractivity contribution is 7.89. The first-order valence-corrected chi connectivity index (χ1v) is 11.1. The third-order valence-corrected chi connectivity index (χ3v) is 6.61. The molecule has 1 saturated heterocycles. The predicted molar refractivity (Wildman–Crippen MR) is 113 cm³/mol. The van der Waals surface area contributed by atoms with Crippen LogP contribution in [-0.4, -0.2) is 56.4 Å². The van der Waals surface area contributed by atoms with Gasteiger partial charge in [0, 0.05) is 37.3 Å². The summed E-state index contributed by atoms with van der Waals surface area (Å²) in [6.45, 7) is 2.89. The lowest BCUT2D eigenvalue weighted by molar-refractivity contribution is -0.384. The van der Waals surface area contributed by atoms with Gasteiger partial charge in [-0.15, -0.1) is 0 Å². The maximum Gasteiger partial charge on any atom is 0.294 e. The van der Waals surface area contributed by atoms with Crippen molar-refractivity contribution in [1.82, 2.24) is 9.62 Å². The van der Waals surface area contributed by atoms with Crippen LogP contribution < -0.4 is 9.62 Å². The Morgan fingerprint density at radius 2 is 1.77 bits per heavy atom. The lowest BCUT2D eigenvalue weighted by Gasteiger charge is -2.36. The standard InChI is InChI=1S/C19H21ClN4O5S/c1-14(21-30(28,29)16-5-3-2-4-6-16)19(25)23-11-9-22(10-12-23)17-8-7-15(20)13-18(17)24(26)27/h2-8,13-14,21H,9-12H2,1H3/t14-/m0/s1. The molecule has 0 spiro atoms. The van der Waals surface area contributed by atoms with Crippen LogP contribution in [0.5, 0.6) is 0 Å². The SMILES string of the molecule is C[C@H](NS(=O)(=O)c1ccccc1)C(=O)N1CCN(c2ccc(Cl)cc2[N+](=O)[O-])CC1. The minimum absolute atomic E-state index is 0.0875. The molecule has 1 aliphatic rings. The number of sulfonamides is 1. The Balaban J connectivity index is 1.64. The average Bonchev–Trinajstić information content (AvgIpc) is 2.73. The third kappa shape index (κ3) is 4.89. The van der Waals surface area contributed by atoms with Crippen molar-refractivity contribution >= 4 is 38.9 Å². The summed E-state index contributed by atoms with van der Waals surface area (Å²) in [5.74, 6) is -0.347. The highest BCUT2D eigenvalue weighted by Crippen LogP contribution is 2.31. The van der Waals surface area contributed by atoms with Gasteiger partial charge in [-0.1, -0.05) is 29.8 Å². The quantitative estimate of drug-likeness (QED) is 0.531. The summed E-state index contributed by atoms with van der Waals surface area (Å²) in [5.41, 5.74) is 0.348. The molecular weight excluding hydrogens is 432 g/mol. The molecule has 2 aromatic carbocycles. The highest BCUT2D eigenvalue weighted by atomic mass is 35.5. The minimum atomic E-state index is -3.81. The van der Waals surface area contributed by atoms with Gasteiger partial charge in [0.1, 0.15) is 5.69 Å². The van der Waals surface area contributed by atoms with E-state index in [9.17, 15) is 23.3 Å². The normalized spacial score (nSPS) is 15.7. The largest absolute Gasteiger partial charge is 0.362 e. The second-order valence-corrected chi connectivity index (χ2v) is 9.01. The number of piperazine rings is 1. The van der Waals surface area contributed by atoms with E-state index in [0.717, 1.165) is 0 Å². The van der Waals surface area contributed by atoms with E-state index < -0.39 is 21.0 Å². The average molecular weight is 453 g/mol. The summed E-state index contributed by atoms with van der Waals surface area (Å²) < 4.78 is 27.3. The van der Waals surface area contributed by atoms with E-state index in [1.165, 1.54) is 25.1 Å². The maximum atomic E-state index is 12.7. The van der Waals surface area contributed by atoms with E-state index in [-0.39, 0.29) is 21.5 Å². The molecule has 1 atom stereocenters. The summed E-state index contributed by atoms with van der Waals surface area (Å²) in [7, 11) is -3.81. The Morgan fingerprint density at radius 1 is 1.13 bits per heavy atom. The van der Waals surface area contributed by atoms with Crippen molar-refractivity contribution in [3.8, 4) is 0 Å². The van der Waals surface area contributed by atoms with Gasteiger partial charge in [-0.25, -0.2) is 8.42 Å². The van der Waals surface area contributed by atoms with E-state index in [1.54, 1.807) is 35.2 Å². The van der Waals surface area contributed by atoms with E-state index in [2.05, 4.69) is 4.72 Å². The maximum absolute atomic E-state index is 12.7. The highest BCUT2D eigenvalue weighted by Gasteiger charge is 2.30. The van der Waals surface area contributed by atoms with E-state index in [1.807, 2.05) is 4.90 Å². The van der Waals surface area contributed by atoms with E-state index in [4.69, 9.17) is 11.6 Å². The van der Waals surface area contributed by atoms with Gasteiger partial charge in [0.05, 0.1) is 15.9 Å². The van der Waals surface area contributed by atoms with Crippen LogP contribution in [0.25, 0.3) is 0 Å². The molecule has 9 nitrogen and oxygen atoms in total. The topological polar surface area (TPSA) is 113 Å². The number of halogens is 1. The van der Waals surface area contributed by atoms with Gasteiger partial charge in [-0.3, -0.25) is 14.9 Å². The van der Waals surface area contributed by atoms with Crippen LogP contribution in [0.2, 0.25) is 5.02 Å². The fraction of sp³-hybridized carbons (Fsp3) is 0.316. The smallest absolute Gasteiger partial charge is 0.294 e.